The van der Waals surface area contributed by atoms with Crippen molar-refractivity contribution in [2.24, 2.45) is 13.0 Å². The highest BCUT2D eigenvalue weighted by atomic mass is 32.2. The van der Waals surface area contributed by atoms with Crippen molar-refractivity contribution in [2.75, 3.05) is 35.6 Å². The first kappa shape index (κ1) is 45.1. The molecule has 1 saturated heterocycles. The Morgan fingerprint density at radius 2 is 1.74 bits per heavy atom. The van der Waals surface area contributed by atoms with Crippen molar-refractivity contribution in [3.8, 4) is 11.1 Å². The van der Waals surface area contributed by atoms with E-state index in [9.17, 15) is 40.0 Å². The molecule has 0 bridgehead atoms. The smallest absolute Gasteiger partial charge is 0.435 e. The molecule has 0 unspecified atom stereocenters. The zero-order chi connectivity index (χ0) is 47.4. The first-order valence-electron chi connectivity index (χ1n) is 20.6. The summed E-state index contributed by atoms with van der Waals surface area (Å²) in [6.45, 7) is 5.23. The van der Waals surface area contributed by atoms with Gasteiger partial charge in [0.2, 0.25) is 15.9 Å². The first-order valence-corrected chi connectivity index (χ1v) is 23.3. The Hall–Kier alpha value is -6.04. The van der Waals surface area contributed by atoms with Crippen LogP contribution in [-0.4, -0.2) is 86.5 Å². The van der Waals surface area contributed by atoms with Gasteiger partial charge in [-0.25, -0.2) is 27.0 Å². The molecule has 2 amide bonds. The standard InChI is InChI=1S/C42H41F7N10O5S2/c1-40(2,3)64-39(61)58-11-7-10-57(19-58)38-52-37-29(65-38)17-25(23-8-6-9-24-33(23)56(4)54-36(24)55-66(5,62)63)32(51-37)28(14-20-12-21(43)15-22(44)13-20)50-30(60)18-59-35-31(34(53-59)42(47,48)49)26-16-27(26)41(35,45)46/h6,8-9,12-13,15,17,26-28H,7,10-11,14,16,18-19H2,1-5H3,(H,50,60)(H,54,55)/t26-,27+,28-/m0/s1. The summed E-state index contributed by atoms with van der Waals surface area (Å²) in [7, 11) is -2.25. The number of carbonyl (C=O) groups is 2. The van der Waals surface area contributed by atoms with Crippen LogP contribution in [0.2, 0.25) is 0 Å². The Bertz CT molecular complexity index is 3050. The number of fused-ring (bicyclic) bond motifs is 5. The van der Waals surface area contributed by atoms with E-state index in [0.29, 0.717) is 62.1 Å². The normalized spacial score (nSPS) is 18.7. The van der Waals surface area contributed by atoms with Gasteiger partial charge in [0.05, 0.1) is 34.9 Å². The maximum Gasteiger partial charge on any atom is 0.435 e. The van der Waals surface area contributed by atoms with Gasteiger partial charge in [-0.3, -0.25) is 23.8 Å². The fourth-order valence-electron chi connectivity index (χ4n) is 8.87. The van der Waals surface area contributed by atoms with Crippen LogP contribution in [0.1, 0.15) is 73.8 Å². The molecule has 3 atom stereocenters. The fourth-order valence-corrected chi connectivity index (χ4v) is 10.3. The number of ether oxygens (including phenoxy) is 1. The molecule has 1 saturated carbocycles. The van der Waals surface area contributed by atoms with Gasteiger partial charge in [-0.05, 0) is 75.8 Å². The number of rotatable bonds is 10. The van der Waals surface area contributed by atoms with Gasteiger partial charge in [0.15, 0.2) is 22.3 Å². The van der Waals surface area contributed by atoms with E-state index in [1.54, 1.807) is 52.1 Å². The summed E-state index contributed by atoms with van der Waals surface area (Å²) in [5.41, 5.74) is -2.61. The van der Waals surface area contributed by atoms with Crippen LogP contribution in [0.3, 0.4) is 0 Å². The van der Waals surface area contributed by atoms with Crippen molar-refractivity contribution in [2.45, 2.75) is 76.2 Å². The molecule has 350 valence electrons. The third-order valence-electron chi connectivity index (χ3n) is 11.5. The SMILES string of the molecule is Cn1nc(NS(C)(=O)=O)c2cccc(-c3cc4sc(N5CCCN(C(=O)OC(C)(C)C)C5)nc4nc3[C@H](Cc3cc(F)cc(F)c3)NC(=O)Cn3nc(C(F)(F)F)c4c3C(F)(F)[C@@H]3C[C@H]43)c21. The number of halogens is 7. The summed E-state index contributed by atoms with van der Waals surface area (Å²) in [5, 5.41) is 11.4. The average molecular weight is 963 g/mol. The van der Waals surface area contributed by atoms with Crippen LogP contribution in [0.4, 0.5) is 46.5 Å². The zero-order valence-electron chi connectivity index (χ0n) is 35.8. The van der Waals surface area contributed by atoms with Crippen LogP contribution < -0.4 is 14.9 Å². The monoisotopic (exact) mass is 962 g/mol. The topological polar surface area (TPSA) is 169 Å². The minimum absolute atomic E-state index is 0.00772. The number of nitrogens with one attached hydrogen (secondary N) is 2. The van der Waals surface area contributed by atoms with Crippen LogP contribution in [0.15, 0.2) is 42.5 Å². The predicted octanol–water partition coefficient (Wildman–Crippen LogP) is 7.82. The Kier molecular flexibility index (Phi) is 10.8. The number of aromatic nitrogens is 6. The molecule has 66 heavy (non-hydrogen) atoms. The predicted molar refractivity (Wildman–Crippen MR) is 228 cm³/mol. The molecule has 2 fully saturated rings. The van der Waals surface area contributed by atoms with E-state index in [1.807, 2.05) is 4.90 Å². The molecule has 24 heteroatoms. The lowest BCUT2D eigenvalue weighted by Crippen LogP contribution is -2.49. The zero-order valence-corrected chi connectivity index (χ0v) is 37.4. The van der Waals surface area contributed by atoms with Gasteiger partial charge in [-0.2, -0.15) is 37.1 Å². The molecule has 4 aromatic heterocycles. The van der Waals surface area contributed by atoms with Gasteiger partial charge >= 0.3 is 12.3 Å². The highest BCUT2D eigenvalue weighted by Crippen LogP contribution is 2.68. The van der Waals surface area contributed by atoms with E-state index in [0.717, 1.165) is 18.4 Å². The van der Waals surface area contributed by atoms with Crippen molar-refractivity contribution >= 4 is 65.6 Å². The van der Waals surface area contributed by atoms with Crippen molar-refractivity contribution in [3.63, 3.8) is 0 Å². The van der Waals surface area contributed by atoms with Gasteiger partial charge in [-0.1, -0.05) is 23.5 Å². The van der Waals surface area contributed by atoms with Crippen LogP contribution in [0.5, 0.6) is 0 Å². The molecule has 0 spiro atoms. The second kappa shape index (κ2) is 15.8. The van der Waals surface area contributed by atoms with Gasteiger partial charge in [0.25, 0.3) is 5.92 Å². The molecular weight excluding hydrogens is 922 g/mol. The number of amides is 2. The summed E-state index contributed by atoms with van der Waals surface area (Å²) in [4.78, 5) is 40.4. The van der Waals surface area contributed by atoms with E-state index in [2.05, 4.69) is 20.2 Å². The third-order valence-corrected chi connectivity index (χ3v) is 13.1. The fraction of sp³-hybridized carbons (Fsp3) is 0.429. The Morgan fingerprint density at radius 1 is 1.02 bits per heavy atom. The van der Waals surface area contributed by atoms with E-state index in [1.165, 1.54) is 20.9 Å². The Morgan fingerprint density at radius 3 is 2.42 bits per heavy atom. The summed E-state index contributed by atoms with van der Waals surface area (Å²) >= 11 is 1.22. The van der Waals surface area contributed by atoms with Crippen LogP contribution in [0.25, 0.3) is 32.4 Å². The molecule has 2 aliphatic carbocycles. The second-order valence-electron chi connectivity index (χ2n) is 17.7. The molecule has 2 aromatic carbocycles. The number of aryl methyl sites for hydroxylation is 1. The largest absolute Gasteiger partial charge is 0.444 e. The summed E-state index contributed by atoms with van der Waals surface area (Å²) in [6.07, 6.45) is -4.62. The maximum absolute atomic E-state index is 15.6. The first-order chi connectivity index (χ1) is 30.8. The summed E-state index contributed by atoms with van der Waals surface area (Å²) in [5.74, 6) is -9.10. The van der Waals surface area contributed by atoms with Crippen molar-refractivity contribution in [1.29, 1.82) is 0 Å². The van der Waals surface area contributed by atoms with E-state index < -0.39 is 92.7 Å². The Labute approximate surface area is 376 Å². The van der Waals surface area contributed by atoms with Gasteiger partial charge in [0, 0.05) is 54.2 Å². The number of benzene rings is 2. The number of alkyl halides is 5. The number of anilines is 2. The van der Waals surface area contributed by atoms with E-state index in [-0.39, 0.29) is 42.2 Å². The number of carbonyl (C=O) groups excluding carboxylic acids is 2. The van der Waals surface area contributed by atoms with Gasteiger partial charge < -0.3 is 15.0 Å². The Balaban J connectivity index is 1.18. The molecule has 9 rings (SSSR count). The lowest BCUT2D eigenvalue weighted by atomic mass is 9.94. The summed E-state index contributed by atoms with van der Waals surface area (Å²) < 4.78 is 138. The van der Waals surface area contributed by atoms with E-state index >= 15 is 8.78 Å². The molecule has 6 aromatic rings. The van der Waals surface area contributed by atoms with Crippen LogP contribution in [0, 0.1) is 17.6 Å². The van der Waals surface area contributed by atoms with Crippen LogP contribution in [-0.2, 0) is 51.7 Å². The van der Waals surface area contributed by atoms with Gasteiger partial charge in [-0.15, -0.1) is 0 Å². The quantitative estimate of drug-likeness (QED) is 0.129. The number of pyridine rings is 1. The number of para-hydroxylation sites is 1. The summed E-state index contributed by atoms with van der Waals surface area (Å²) in [6, 6.07) is 7.91. The van der Waals surface area contributed by atoms with Crippen molar-refractivity contribution in [1.82, 2.24) is 39.7 Å². The number of hydrogen-bond acceptors (Lipinski definition) is 11. The lowest BCUT2D eigenvalue weighted by molar-refractivity contribution is -0.142. The molecule has 0 radical (unpaired) electrons. The minimum Gasteiger partial charge on any atom is -0.444 e. The molecule has 1 aliphatic heterocycles. The number of hydrogen-bond donors (Lipinski definition) is 2. The van der Waals surface area contributed by atoms with Crippen molar-refractivity contribution in [3.05, 3.63) is 82.3 Å². The number of sulfonamides is 1. The third kappa shape index (κ3) is 8.59. The molecule has 3 aliphatic rings. The highest BCUT2D eigenvalue weighted by Gasteiger charge is 2.68. The minimum atomic E-state index is -5.09. The lowest BCUT2D eigenvalue weighted by Gasteiger charge is -2.36. The second-order valence-corrected chi connectivity index (χ2v) is 20.5. The van der Waals surface area contributed by atoms with Crippen LogP contribution >= 0.6 is 11.3 Å². The molecular formula is C42H41F7N10O5S2. The maximum atomic E-state index is 15.6. The highest BCUT2D eigenvalue weighted by molar-refractivity contribution is 7.92. The van der Waals surface area contributed by atoms with Crippen molar-refractivity contribution < 1.29 is 53.5 Å². The average Bonchev–Trinajstić information content (AvgIpc) is 3.46. The number of nitrogens with zero attached hydrogens (tertiary/aromatic N) is 8. The molecule has 15 nitrogen and oxygen atoms in total. The molecule has 2 N–H and O–H groups in total. The van der Waals surface area contributed by atoms with Gasteiger partial charge in [0.1, 0.15) is 29.5 Å². The molecule has 5 heterocycles. The number of thiazole rings is 1. The van der Waals surface area contributed by atoms with E-state index in [4.69, 9.17) is 14.7 Å².